The number of nitrogens with zero attached hydrogens (tertiary/aromatic N) is 20. The molecule has 0 aromatic carbocycles. The van der Waals surface area contributed by atoms with Gasteiger partial charge in [0.05, 0.1) is 35.2 Å². The molecule has 0 fully saturated rings. The molecule has 0 aliphatic carbocycles. The molecular formula is C86H102N28O2S5. The lowest BCUT2D eigenvalue weighted by atomic mass is 10.0. The molecular weight excluding hydrogens is 1620 g/mol. The zero-order valence-corrected chi connectivity index (χ0v) is 74.4. The molecule has 30 nitrogen and oxygen atoms in total. The van der Waals surface area contributed by atoms with Gasteiger partial charge in [-0.25, -0.2) is 64.8 Å². The molecule has 121 heavy (non-hydrogen) atoms. The van der Waals surface area contributed by atoms with E-state index >= 15 is 0 Å². The lowest BCUT2D eigenvalue weighted by Gasteiger charge is -2.07. The van der Waals surface area contributed by atoms with E-state index in [4.69, 9.17) is 54.8 Å². The number of oxazole rings is 1. The third kappa shape index (κ3) is 28.1. The summed E-state index contributed by atoms with van der Waals surface area (Å²) in [5.41, 5.74) is 56.5. The van der Waals surface area contributed by atoms with E-state index in [9.17, 15) is 0 Å². The van der Waals surface area contributed by atoms with E-state index in [1.54, 1.807) is 113 Å². The molecule has 16 N–H and O–H groups in total. The van der Waals surface area contributed by atoms with Gasteiger partial charge in [0.2, 0.25) is 5.88 Å². The number of pyridine rings is 6. The van der Waals surface area contributed by atoms with E-state index in [0.29, 0.717) is 111 Å². The SMILES string of the molecule is CC(C)c1ccc(-c2cc(N)on2)nc1.CC(C)c1ccc(-c2cccnc2N)nc1.CC(C)c1cnc(-c2nc(N)cs2)cn1.CC(C)c1cnc(-c2nccc(N)n2)s1.CC(C)c1csc(-c2cccc(N)n2)n1.CC(C)c1ncc(-c2cccc(N)n2)o1.CC(C)c1ncc(-c2nc(N)cs2)cn1.CC(C)c1nnc(-c2cccc(N)n2)s1. The summed E-state index contributed by atoms with van der Waals surface area (Å²) < 4.78 is 10.3. The molecule has 35 heteroatoms. The molecule has 0 atom stereocenters. The van der Waals surface area contributed by atoms with E-state index < -0.39 is 0 Å². The summed E-state index contributed by atoms with van der Waals surface area (Å²) >= 11 is 7.76. The van der Waals surface area contributed by atoms with Gasteiger partial charge in [-0.2, -0.15) is 0 Å². The molecule has 16 aromatic heterocycles. The van der Waals surface area contributed by atoms with E-state index in [1.165, 1.54) is 38.7 Å². The van der Waals surface area contributed by atoms with Gasteiger partial charge in [-0.15, -0.1) is 55.5 Å². The van der Waals surface area contributed by atoms with Crippen molar-refractivity contribution < 1.29 is 8.94 Å². The number of anilines is 8. The van der Waals surface area contributed by atoms with E-state index in [2.05, 4.69) is 208 Å². The zero-order valence-electron chi connectivity index (χ0n) is 70.4. The Bertz CT molecular complexity index is 5240. The number of hydrogen-bond donors (Lipinski definition) is 8. The fourth-order valence-electron chi connectivity index (χ4n) is 9.94. The Balaban J connectivity index is 0.000000157. The fourth-order valence-corrected chi connectivity index (χ4v) is 13.9. The van der Waals surface area contributed by atoms with E-state index in [-0.39, 0.29) is 5.92 Å². The fraction of sp³-hybridized carbons (Fsp3) is 0.279. The smallest absolute Gasteiger partial charge is 0.222 e. The van der Waals surface area contributed by atoms with E-state index in [1.807, 2.05) is 105 Å². The van der Waals surface area contributed by atoms with Crippen LogP contribution in [0.1, 0.15) is 202 Å². The van der Waals surface area contributed by atoms with Crippen molar-refractivity contribution in [2.24, 2.45) is 0 Å². The molecule has 0 amide bonds. The highest BCUT2D eigenvalue weighted by Crippen LogP contribution is 2.33. The Morgan fingerprint density at radius 2 is 0.901 bits per heavy atom. The summed E-state index contributed by atoms with van der Waals surface area (Å²) in [5, 5.41) is 23.0. The summed E-state index contributed by atoms with van der Waals surface area (Å²) in [6, 6.07) is 31.7. The number of thiazole rings is 4. The number of nitrogens with two attached hydrogens (primary N) is 8. The lowest BCUT2D eigenvalue weighted by molar-refractivity contribution is 0.439. The van der Waals surface area contributed by atoms with Crippen LogP contribution in [0, 0.1) is 0 Å². The minimum Gasteiger partial charge on any atom is -0.439 e. The van der Waals surface area contributed by atoms with Gasteiger partial charge >= 0.3 is 0 Å². The third-order valence-corrected chi connectivity index (χ3v) is 22.0. The van der Waals surface area contributed by atoms with Crippen molar-refractivity contribution in [1.29, 1.82) is 0 Å². The Labute approximate surface area is 724 Å². The highest BCUT2D eigenvalue weighted by molar-refractivity contribution is 7.15. The minimum atomic E-state index is 0.278. The van der Waals surface area contributed by atoms with Crippen molar-refractivity contribution in [1.82, 2.24) is 100 Å². The van der Waals surface area contributed by atoms with Gasteiger partial charge in [0.1, 0.15) is 95.0 Å². The van der Waals surface area contributed by atoms with Gasteiger partial charge in [-0.1, -0.05) is 158 Å². The molecule has 0 aliphatic rings. The maximum Gasteiger partial charge on any atom is 0.222 e. The topological polar surface area (TPSA) is 492 Å². The predicted octanol–water partition coefficient (Wildman–Crippen LogP) is 19.9. The van der Waals surface area contributed by atoms with Gasteiger partial charge < -0.3 is 54.8 Å². The lowest BCUT2D eigenvalue weighted by Crippen LogP contribution is -1.96. The van der Waals surface area contributed by atoms with Gasteiger partial charge in [0, 0.05) is 106 Å². The van der Waals surface area contributed by atoms with Crippen molar-refractivity contribution in [3.63, 3.8) is 0 Å². The number of rotatable bonds is 16. The third-order valence-electron chi connectivity index (χ3n) is 16.8. The highest BCUT2D eigenvalue weighted by atomic mass is 32.1. The Hall–Kier alpha value is -13.0. The van der Waals surface area contributed by atoms with Crippen LogP contribution in [-0.4, -0.2) is 100 Å². The molecule has 16 heterocycles. The van der Waals surface area contributed by atoms with Gasteiger partial charge in [0.25, 0.3) is 0 Å². The second kappa shape index (κ2) is 44.7. The van der Waals surface area contributed by atoms with Crippen LogP contribution in [-0.2, 0) is 0 Å². The number of nitrogen functional groups attached to an aromatic ring is 8. The second-order valence-electron chi connectivity index (χ2n) is 29.4. The zero-order chi connectivity index (χ0) is 87.4. The summed E-state index contributed by atoms with van der Waals surface area (Å²) in [7, 11) is 0. The summed E-state index contributed by atoms with van der Waals surface area (Å²) in [6.45, 7) is 33.6. The molecule has 0 aliphatic heterocycles. The van der Waals surface area contributed by atoms with Gasteiger partial charge in [-0.05, 0) is 107 Å². The molecule has 628 valence electrons. The van der Waals surface area contributed by atoms with Crippen molar-refractivity contribution in [3.8, 4) is 87.6 Å². The molecule has 0 unspecified atom stereocenters. The van der Waals surface area contributed by atoms with Crippen LogP contribution in [0.15, 0.2) is 190 Å². The minimum absolute atomic E-state index is 0.278. The average molecular weight is 1720 g/mol. The standard InChI is InChI=1S/C13H15N3.2C11H13N3O.C11H13N3S.4C10H12N4S/c1-9(2)10-5-6-12(16-8-10)11-4-3-7-15-13(11)14;1-7(2)8-3-4-9(13-6-8)10-5-11(12)15-14-10;1-7(2)11-13-6-9(15-11)8-4-3-5-10(12)14-8;1-7(2)9-6-15-11(14-9)8-4-3-5-10(12)13-8;1-6(2)7-3-13-8(4-12-7)10-14-9(11)5-15-10;1-6(2)9-12-3-7(4-13-9)10-14-8(11)5-15-10;1-6(2)7-5-13-10(15-7)9-12-4-3-8(11)14-9;1-6(2)9-13-14-10(15-9)7-4-3-5-8(11)12-7/h3-9H,1-2H3,(H2,14,15);3-7H,12H2,1-2H3;3-7H,1-2H3,(H2,12,14);3-7H,1-2H3,(H2,12,13);2*3-6H,11H2,1-2H3;3-6H,1-2H3,(H2,11,12,14);3-6H,1-2H3,(H2,11,12). The molecule has 0 saturated heterocycles. The molecule has 16 rings (SSSR count). The molecule has 0 saturated carbocycles. The van der Waals surface area contributed by atoms with Crippen LogP contribution in [0.5, 0.6) is 0 Å². The maximum absolute atomic E-state index is 5.80. The van der Waals surface area contributed by atoms with Gasteiger partial charge in [0.15, 0.2) is 27.5 Å². The Kier molecular flexibility index (Phi) is 34.0. The Morgan fingerprint density at radius 1 is 0.331 bits per heavy atom. The summed E-state index contributed by atoms with van der Waals surface area (Å²) in [4.78, 5) is 73.4. The van der Waals surface area contributed by atoms with E-state index in [0.717, 1.165) is 92.5 Å². The van der Waals surface area contributed by atoms with Crippen LogP contribution in [0.25, 0.3) is 87.6 Å². The number of aromatic nitrogens is 20. The molecule has 0 radical (unpaired) electrons. The molecule has 16 aromatic rings. The number of hydrogen-bond acceptors (Lipinski definition) is 35. The first-order chi connectivity index (χ1) is 57.8. The Morgan fingerprint density at radius 3 is 1.37 bits per heavy atom. The summed E-state index contributed by atoms with van der Waals surface area (Å²) in [5.74, 6) is 10.1. The maximum atomic E-state index is 5.80. The van der Waals surface area contributed by atoms with Crippen molar-refractivity contribution >= 4 is 103 Å². The first kappa shape index (κ1) is 91.9. The first-order valence-corrected chi connectivity index (χ1v) is 43.0. The van der Waals surface area contributed by atoms with Crippen molar-refractivity contribution in [2.75, 3.05) is 45.9 Å². The van der Waals surface area contributed by atoms with Crippen molar-refractivity contribution in [3.05, 3.63) is 225 Å². The summed E-state index contributed by atoms with van der Waals surface area (Å²) in [6.07, 6.45) is 17.7. The van der Waals surface area contributed by atoms with Crippen LogP contribution in [0.3, 0.4) is 0 Å². The van der Waals surface area contributed by atoms with Gasteiger partial charge in [-0.3, -0.25) is 19.9 Å². The monoisotopic (exact) mass is 1720 g/mol. The second-order valence-corrected chi connectivity index (χ2v) is 34.0. The van der Waals surface area contributed by atoms with Crippen LogP contribution >= 0.6 is 56.7 Å². The largest absolute Gasteiger partial charge is 0.439 e. The highest BCUT2D eigenvalue weighted by Gasteiger charge is 2.17. The average Bonchev–Trinajstić information content (AvgIpc) is 1.88. The quantitative estimate of drug-likeness (QED) is 0.0445. The van der Waals surface area contributed by atoms with Crippen molar-refractivity contribution in [2.45, 2.75) is 158 Å². The molecule has 0 spiro atoms. The van der Waals surface area contributed by atoms with Crippen LogP contribution < -0.4 is 45.9 Å². The van der Waals surface area contributed by atoms with Crippen LogP contribution in [0.4, 0.5) is 46.6 Å². The van der Waals surface area contributed by atoms with Crippen LogP contribution in [0.2, 0.25) is 0 Å². The molecule has 0 bridgehead atoms. The predicted molar refractivity (Wildman–Crippen MR) is 493 cm³/mol. The first-order valence-electron chi connectivity index (χ1n) is 38.7. The normalized spacial score (nSPS) is 10.8.